The largest absolute Gasteiger partial charge is 0.356 e. The summed E-state index contributed by atoms with van der Waals surface area (Å²) in [5.74, 6) is 2.12. The Morgan fingerprint density at radius 1 is 1.13 bits per heavy atom. The van der Waals surface area contributed by atoms with Crippen LogP contribution in [0.5, 0.6) is 0 Å². The third-order valence-electron chi connectivity index (χ3n) is 4.29. The number of benzene rings is 1. The Bertz CT molecular complexity index is 661. The average Bonchev–Trinajstić information content (AvgIpc) is 2.55. The van der Waals surface area contributed by atoms with E-state index in [4.69, 9.17) is 27.3 Å². The molecule has 0 unspecified atom stereocenters. The van der Waals surface area contributed by atoms with Gasteiger partial charge in [-0.15, -0.1) is 0 Å². The van der Waals surface area contributed by atoms with Gasteiger partial charge in [0.2, 0.25) is 0 Å². The summed E-state index contributed by atoms with van der Waals surface area (Å²) in [6.45, 7) is 6.22. The second-order valence-corrected chi connectivity index (χ2v) is 6.90. The van der Waals surface area contributed by atoms with Crippen molar-refractivity contribution in [1.29, 1.82) is 0 Å². The summed E-state index contributed by atoms with van der Waals surface area (Å²) >= 11 is 5.99. The Morgan fingerprint density at radius 3 is 2.39 bits per heavy atom. The molecule has 0 atom stereocenters. The highest BCUT2D eigenvalue weighted by atomic mass is 35.5. The lowest BCUT2D eigenvalue weighted by Gasteiger charge is -2.31. The Kier molecular flexibility index (Phi) is 4.83. The first kappa shape index (κ1) is 16.2. The Morgan fingerprint density at radius 2 is 1.78 bits per heavy atom. The summed E-state index contributed by atoms with van der Waals surface area (Å²) in [6.07, 6.45) is 2.02. The highest BCUT2D eigenvalue weighted by Crippen LogP contribution is 2.26. The number of piperidine rings is 1. The molecule has 23 heavy (non-hydrogen) atoms. The van der Waals surface area contributed by atoms with Crippen LogP contribution in [0.15, 0.2) is 30.3 Å². The normalized spacial score (nSPS) is 16.1. The van der Waals surface area contributed by atoms with Gasteiger partial charge in [-0.25, -0.2) is 9.97 Å². The van der Waals surface area contributed by atoms with Gasteiger partial charge < -0.3 is 10.6 Å². The topological polar surface area (TPSA) is 55.0 Å². The minimum absolute atomic E-state index is 0.313. The van der Waals surface area contributed by atoms with E-state index in [-0.39, 0.29) is 0 Å². The van der Waals surface area contributed by atoms with E-state index in [0.717, 1.165) is 53.9 Å². The maximum absolute atomic E-state index is 6.02. The standard InChI is InChI=1S/C18H23ClN4/c1-12(2)16-11-17(23-9-7-15(20)8-10-23)22-18(21-16)13-3-5-14(19)6-4-13/h3-6,11-12,15H,7-10,20H2,1-2H3. The molecule has 1 aliphatic heterocycles. The summed E-state index contributed by atoms with van der Waals surface area (Å²) < 4.78 is 0. The van der Waals surface area contributed by atoms with Gasteiger partial charge in [0.25, 0.3) is 0 Å². The minimum atomic E-state index is 0.313. The van der Waals surface area contributed by atoms with Gasteiger partial charge in [0.05, 0.1) is 0 Å². The first-order valence-electron chi connectivity index (χ1n) is 8.18. The highest BCUT2D eigenvalue weighted by Gasteiger charge is 2.19. The molecular weight excluding hydrogens is 308 g/mol. The smallest absolute Gasteiger partial charge is 0.161 e. The molecule has 5 heteroatoms. The van der Waals surface area contributed by atoms with Crippen LogP contribution in [-0.2, 0) is 0 Å². The minimum Gasteiger partial charge on any atom is -0.356 e. The van der Waals surface area contributed by atoms with Gasteiger partial charge in [-0.05, 0) is 43.0 Å². The molecule has 0 spiro atoms. The maximum Gasteiger partial charge on any atom is 0.161 e. The number of nitrogens with zero attached hydrogens (tertiary/aromatic N) is 3. The summed E-state index contributed by atoms with van der Waals surface area (Å²) in [4.78, 5) is 11.8. The SMILES string of the molecule is CC(C)c1cc(N2CCC(N)CC2)nc(-c2ccc(Cl)cc2)n1. The fourth-order valence-electron chi connectivity index (χ4n) is 2.77. The van der Waals surface area contributed by atoms with Crippen LogP contribution >= 0.6 is 11.6 Å². The molecule has 1 aromatic carbocycles. The van der Waals surface area contributed by atoms with Crippen molar-refractivity contribution in [3.8, 4) is 11.4 Å². The third-order valence-corrected chi connectivity index (χ3v) is 4.54. The van der Waals surface area contributed by atoms with Gasteiger partial charge >= 0.3 is 0 Å². The van der Waals surface area contributed by atoms with Gasteiger partial charge in [0, 0.05) is 41.5 Å². The Hall–Kier alpha value is -1.65. The number of hydrogen-bond acceptors (Lipinski definition) is 4. The molecular formula is C18H23ClN4. The number of halogens is 1. The van der Waals surface area contributed by atoms with Crippen LogP contribution in [0.2, 0.25) is 5.02 Å². The predicted octanol–water partition coefficient (Wildman–Crippen LogP) is 3.85. The number of rotatable bonds is 3. The lowest BCUT2D eigenvalue weighted by Crippen LogP contribution is -2.40. The zero-order valence-corrected chi connectivity index (χ0v) is 14.4. The zero-order valence-electron chi connectivity index (χ0n) is 13.7. The number of hydrogen-bond donors (Lipinski definition) is 1. The third kappa shape index (κ3) is 3.82. The van der Waals surface area contributed by atoms with Crippen molar-refractivity contribution < 1.29 is 0 Å². The summed E-state index contributed by atoms with van der Waals surface area (Å²) in [5.41, 5.74) is 8.07. The molecule has 0 saturated carbocycles. The lowest BCUT2D eigenvalue weighted by molar-refractivity contribution is 0.498. The van der Waals surface area contributed by atoms with Crippen LogP contribution in [0, 0.1) is 0 Å². The van der Waals surface area contributed by atoms with Gasteiger partial charge in [-0.1, -0.05) is 25.4 Å². The van der Waals surface area contributed by atoms with E-state index >= 15 is 0 Å². The first-order chi connectivity index (χ1) is 11.0. The second kappa shape index (κ2) is 6.85. The number of nitrogens with two attached hydrogens (primary N) is 1. The van der Waals surface area contributed by atoms with Crippen molar-refractivity contribution in [3.05, 3.63) is 41.0 Å². The molecule has 0 amide bonds. The van der Waals surface area contributed by atoms with E-state index in [1.807, 2.05) is 24.3 Å². The van der Waals surface area contributed by atoms with Crippen molar-refractivity contribution in [2.75, 3.05) is 18.0 Å². The van der Waals surface area contributed by atoms with Gasteiger partial charge in [0.1, 0.15) is 5.82 Å². The molecule has 2 N–H and O–H groups in total. The lowest BCUT2D eigenvalue weighted by atomic mass is 10.1. The molecule has 2 aromatic rings. The molecule has 1 fully saturated rings. The maximum atomic E-state index is 6.02. The fraction of sp³-hybridized carbons (Fsp3) is 0.444. The number of anilines is 1. The van der Waals surface area contributed by atoms with E-state index in [0.29, 0.717) is 12.0 Å². The quantitative estimate of drug-likeness (QED) is 0.928. The number of aromatic nitrogens is 2. The van der Waals surface area contributed by atoms with E-state index < -0.39 is 0 Å². The molecule has 1 aromatic heterocycles. The molecule has 0 aliphatic carbocycles. The van der Waals surface area contributed by atoms with Crippen LogP contribution in [0.1, 0.15) is 38.3 Å². The van der Waals surface area contributed by atoms with Crippen LogP contribution in [0.4, 0.5) is 5.82 Å². The van der Waals surface area contributed by atoms with Gasteiger partial charge in [-0.2, -0.15) is 0 Å². The van der Waals surface area contributed by atoms with E-state index in [2.05, 4.69) is 24.8 Å². The summed E-state index contributed by atoms with van der Waals surface area (Å²) in [5, 5.41) is 0.721. The average molecular weight is 331 g/mol. The second-order valence-electron chi connectivity index (χ2n) is 6.46. The summed E-state index contributed by atoms with van der Waals surface area (Å²) in [6, 6.07) is 10.1. The Labute approximate surface area is 142 Å². The van der Waals surface area contributed by atoms with E-state index in [1.54, 1.807) is 0 Å². The van der Waals surface area contributed by atoms with Crippen molar-refractivity contribution in [1.82, 2.24) is 9.97 Å². The molecule has 3 rings (SSSR count). The molecule has 122 valence electrons. The first-order valence-corrected chi connectivity index (χ1v) is 8.56. The monoisotopic (exact) mass is 330 g/mol. The van der Waals surface area contributed by atoms with E-state index in [9.17, 15) is 0 Å². The molecule has 4 nitrogen and oxygen atoms in total. The molecule has 1 aliphatic rings. The van der Waals surface area contributed by atoms with Gasteiger partial charge in [0.15, 0.2) is 5.82 Å². The van der Waals surface area contributed by atoms with E-state index in [1.165, 1.54) is 0 Å². The molecule has 0 radical (unpaired) electrons. The zero-order chi connectivity index (χ0) is 16.4. The fourth-order valence-corrected chi connectivity index (χ4v) is 2.89. The van der Waals surface area contributed by atoms with Gasteiger partial charge in [-0.3, -0.25) is 0 Å². The molecule has 0 bridgehead atoms. The van der Waals surface area contributed by atoms with Crippen LogP contribution < -0.4 is 10.6 Å². The summed E-state index contributed by atoms with van der Waals surface area (Å²) in [7, 11) is 0. The van der Waals surface area contributed by atoms with Crippen molar-refractivity contribution in [2.45, 2.75) is 38.6 Å². The van der Waals surface area contributed by atoms with Crippen molar-refractivity contribution in [3.63, 3.8) is 0 Å². The van der Waals surface area contributed by atoms with Crippen LogP contribution in [-0.4, -0.2) is 29.1 Å². The van der Waals surface area contributed by atoms with Crippen LogP contribution in [0.25, 0.3) is 11.4 Å². The molecule has 2 heterocycles. The van der Waals surface area contributed by atoms with Crippen molar-refractivity contribution >= 4 is 17.4 Å². The highest BCUT2D eigenvalue weighted by molar-refractivity contribution is 6.30. The molecule has 1 saturated heterocycles. The van der Waals surface area contributed by atoms with Crippen molar-refractivity contribution in [2.24, 2.45) is 5.73 Å². The van der Waals surface area contributed by atoms with Crippen LogP contribution in [0.3, 0.4) is 0 Å². The predicted molar refractivity (Wildman–Crippen MR) is 96.0 cm³/mol. The Balaban J connectivity index is 1.97.